The summed E-state index contributed by atoms with van der Waals surface area (Å²) in [6.07, 6.45) is 1.27. The molecule has 0 aliphatic carbocycles. The Bertz CT molecular complexity index is 813. The first-order valence-corrected chi connectivity index (χ1v) is 10.5. The van der Waals surface area contributed by atoms with E-state index in [1.54, 1.807) is 20.8 Å². The fourth-order valence-electron chi connectivity index (χ4n) is 3.93. The van der Waals surface area contributed by atoms with Crippen molar-refractivity contribution in [3.8, 4) is 0 Å². The number of benzene rings is 1. The van der Waals surface area contributed by atoms with E-state index in [0.717, 1.165) is 18.4 Å². The molecule has 0 aromatic heterocycles. The van der Waals surface area contributed by atoms with Gasteiger partial charge in [-0.15, -0.1) is 0 Å². The van der Waals surface area contributed by atoms with Gasteiger partial charge in [-0.05, 0) is 58.4 Å². The molecule has 2 aliphatic heterocycles. The highest BCUT2D eigenvalue weighted by atomic mass is 16.6. The molecular formula is C23H29NO6. The molecule has 2 saturated heterocycles. The molecule has 7 heteroatoms. The van der Waals surface area contributed by atoms with Crippen molar-refractivity contribution in [3.63, 3.8) is 0 Å². The van der Waals surface area contributed by atoms with Gasteiger partial charge in [0.05, 0.1) is 6.04 Å². The van der Waals surface area contributed by atoms with E-state index in [9.17, 15) is 19.2 Å². The molecule has 3 rings (SSSR count). The van der Waals surface area contributed by atoms with Crippen molar-refractivity contribution in [2.75, 3.05) is 6.54 Å². The topological polar surface area (TPSA) is 90.0 Å². The van der Waals surface area contributed by atoms with Gasteiger partial charge in [-0.25, -0.2) is 4.79 Å². The predicted molar refractivity (Wildman–Crippen MR) is 109 cm³/mol. The Balaban J connectivity index is 1.68. The highest BCUT2D eigenvalue weighted by Crippen LogP contribution is 2.28. The van der Waals surface area contributed by atoms with Crippen LogP contribution in [0.5, 0.6) is 0 Å². The first-order chi connectivity index (χ1) is 14.2. The van der Waals surface area contributed by atoms with Crippen molar-refractivity contribution >= 4 is 23.6 Å². The number of ketones is 2. The first-order valence-electron chi connectivity index (χ1n) is 10.5. The summed E-state index contributed by atoms with van der Waals surface area (Å²) in [5, 5.41) is 0. The van der Waals surface area contributed by atoms with E-state index in [0.29, 0.717) is 25.8 Å². The minimum atomic E-state index is -1.46. The Hall–Kier alpha value is -2.70. The number of rotatable bonds is 5. The molecule has 1 aromatic carbocycles. The summed E-state index contributed by atoms with van der Waals surface area (Å²) in [5.41, 5.74) is 0.326. The Morgan fingerprint density at radius 3 is 2.50 bits per heavy atom. The third-order valence-corrected chi connectivity index (χ3v) is 5.38. The van der Waals surface area contributed by atoms with Gasteiger partial charge < -0.3 is 9.47 Å². The van der Waals surface area contributed by atoms with E-state index in [2.05, 4.69) is 0 Å². The van der Waals surface area contributed by atoms with Crippen molar-refractivity contribution in [2.45, 2.75) is 70.6 Å². The van der Waals surface area contributed by atoms with Crippen molar-refractivity contribution < 1.29 is 28.7 Å². The van der Waals surface area contributed by atoms with Crippen LogP contribution in [-0.4, -0.2) is 52.8 Å². The fraction of sp³-hybridized carbons (Fsp3) is 0.565. The summed E-state index contributed by atoms with van der Waals surface area (Å²) >= 11 is 0. The van der Waals surface area contributed by atoms with Gasteiger partial charge in [0, 0.05) is 6.54 Å². The van der Waals surface area contributed by atoms with E-state index in [-0.39, 0.29) is 0 Å². The van der Waals surface area contributed by atoms with Gasteiger partial charge in [-0.3, -0.25) is 19.3 Å². The van der Waals surface area contributed by atoms with Crippen LogP contribution in [0.2, 0.25) is 0 Å². The molecular weight excluding hydrogens is 386 g/mol. The van der Waals surface area contributed by atoms with Crippen LogP contribution in [0.4, 0.5) is 4.79 Å². The van der Waals surface area contributed by atoms with Gasteiger partial charge in [-0.2, -0.15) is 0 Å². The molecule has 30 heavy (non-hydrogen) atoms. The van der Waals surface area contributed by atoms with Crippen LogP contribution in [0.3, 0.4) is 0 Å². The molecule has 2 fully saturated rings. The molecule has 162 valence electrons. The van der Waals surface area contributed by atoms with E-state index in [4.69, 9.17) is 9.47 Å². The number of hydrogen-bond acceptors (Lipinski definition) is 6. The minimum absolute atomic E-state index is 0.332. The molecule has 0 saturated carbocycles. The zero-order valence-corrected chi connectivity index (χ0v) is 17.8. The second kappa shape index (κ2) is 8.98. The fourth-order valence-corrected chi connectivity index (χ4v) is 3.93. The van der Waals surface area contributed by atoms with Crippen LogP contribution in [0.25, 0.3) is 0 Å². The van der Waals surface area contributed by atoms with Crippen LogP contribution in [0.1, 0.15) is 52.0 Å². The highest BCUT2D eigenvalue weighted by Gasteiger charge is 2.51. The minimum Gasteiger partial charge on any atom is -0.453 e. The Morgan fingerprint density at radius 2 is 1.83 bits per heavy atom. The monoisotopic (exact) mass is 415 g/mol. The zero-order valence-electron chi connectivity index (χ0n) is 17.8. The van der Waals surface area contributed by atoms with Crippen LogP contribution in [0.15, 0.2) is 30.3 Å². The smallest absolute Gasteiger partial charge is 0.410 e. The lowest BCUT2D eigenvalue weighted by Gasteiger charge is -2.36. The van der Waals surface area contributed by atoms with Gasteiger partial charge in [0.2, 0.25) is 0 Å². The molecule has 2 heterocycles. The summed E-state index contributed by atoms with van der Waals surface area (Å²) in [6, 6.07) is 8.73. The van der Waals surface area contributed by atoms with Crippen molar-refractivity contribution in [3.05, 3.63) is 35.9 Å². The second-order valence-electron chi connectivity index (χ2n) is 8.87. The number of Topliss-reactive ketones (excluding diaryl/α,β-unsaturated/α-hetero) is 2. The lowest BCUT2D eigenvalue weighted by atomic mass is 9.87. The van der Waals surface area contributed by atoms with Gasteiger partial charge in [-0.1, -0.05) is 30.3 Å². The van der Waals surface area contributed by atoms with Gasteiger partial charge in [0.1, 0.15) is 5.60 Å². The zero-order chi connectivity index (χ0) is 21.9. The lowest BCUT2D eigenvalue weighted by Crippen LogP contribution is -2.52. The van der Waals surface area contributed by atoms with Crippen molar-refractivity contribution in [2.24, 2.45) is 5.92 Å². The number of ether oxygens (including phenoxy) is 2. The average Bonchev–Trinajstić information content (AvgIpc) is 2.98. The predicted octanol–water partition coefficient (Wildman–Crippen LogP) is 3.09. The normalized spacial score (nSPS) is 24.5. The maximum absolute atomic E-state index is 13.2. The van der Waals surface area contributed by atoms with Crippen LogP contribution >= 0.6 is 0 Å². The number of aryl methyl sites for hydroxylation is 1. The Labute approximate surface area is 176 Å². The van der Waals surface area contributed by atoms with Gasteiger partial charge >= 0.3 is 12.1 Å². The number of amides is 1. The lowest BCUT2D eigenvalue weighted by molar-refractivity contribution is -0.148. The maximum Gasteiger partial charge on any atom is 0.410 e. The highest BCUT2D eigenvalue weighted by molar-refractivity contribution is 6.23. The molecule has 0 spiro atoms. The van der Waals surface area contributed by atoms with E-state index >= 15 is 0 Å². The second-order valence-corrected chi connectivity index (χ2v) is 8.87. The van der Waals surface area contributed by atoms with E-state index in [1.807, 2.05) is 30.3 Å². The summed E-state index contributed by atoms with van der Waals surface area (Å²) in [6.45, 7) is 5.61. The van der Waals surface area contributed by atoms with E-state index in [1.165, 1.54) is 4.90 Å². The van der Waals surface area contributed by atoms with Crippen LogP contribution in [0, 0.1) is 5.92 Å². The Kier molecular flexibility index (Phi) is 6.58. The number of nitrogens with zero attached hydrogens (tertiary/aromatic N) is 1. The first kappa shape index (κ1) is 22.0. The third kappa shape index (κ3) is 5.07. The van der Waals surface area contributed by atoms with Crippen molar-refractivity contribution in [1.82, 2.24) is 4.90 Å². The number of carbonyl (C=O) groups is 4. The summed E-state index contributed by atoms with van der Waals surface area (Å²) in [4.78, 5) is 52.3. The molecule has 1 aromatic rings. The van der Waals surface area contributed by atoms with Gasteiger partial charge in [0.25, 0.3) is 0 Å². The molecule has 1 unspecified atom stereocenters. The summed E-state index contributed by atoms with van der Waals surface area (Å²) in [7, 11) is 0. The number of hydrogen-bond donors (Lipinski definition) is 0. The summed E-state index contributed by atoms with van der Waals surface area (Å²) < 4.78 is 10.7. The number of likely N-dealkylation sites (tertiary alicyclic amines) is 1. The standard InChI is InChI=1S/C23H29NO6/c1-23(2,3)30-22(28)24-14-8-7-11-16(24)19(25)18-20(26)17(29-21(18)27)13-12-15-9-5-4-6-10-15/h4-6,9-10,16-18H,7-8,11-14H2,1-3H3/t16-,17+,18?/m0/s1. The van der Waals surface area contributed by atoms with Crippen molar-refractivity contribution in [1.29, 1.82) is 0 Å². The molecule has 7 nitrogen and oxygen atoms in total. The number of esters is 1. The largest absolute Gasteiger partial charge is 0.453 e. The van der Waals surface area contributed by atoms with Gasteiger partial charge in [0.15, 0.2) is 23.6 Å². The molecule has 0 radical (unpaired) electrons. The maximum atomic E-state index is 13.2. The quantitative estimate of drug-likeness (QED) is 0.542. The molecule has 1 amide bonds. The molecule has 2 aliphatic rings. The summed E-state index contributed by atoms with van der Waals surface area (Å²) in [5.74, 6) is -3.33. The molecule has 0 bridgehead atoms. The molecule has 3 atom stereocenters. The third-order valence-electron chi connectivity index (χ3n) is 5.38. The van der Waals surface area contributed by atoms with Crippen LogP contribution < -0.4 is 0 Å². The number of carbonyl (C=O) groups excluding carboxylic acids is 4. The Morgan fingerprint density at radius 1 is 1.13 bits per heavy atom. The number of piperidine rings is 1. The SMILES string of the molecule is CC(C)(C)OC(=O)N1CCCC[C@H]1C(=O)C1C(=O)O[C@H](CCc2ccccc2)C1=O. The van der Waals surface area contributed by atoms with E-state index < -0.39 is 47.3 Å². The van der Waals surface area contributed by atoms with Crippen LogP contribution in [-0.2, 0) is 30.3 Å². The molecule has 0 N–H and O–H groups in total. The number of cyclic esters (lactones) is 1. The average molecular weight is 415 g/mol.